The molecule has 0 unspecified atom stereocenters. The number of hydrogen-bond donors (Lipinski definition) is 2. The molecular weight excluding hydrogens is 425 g/mol. The lowest BCUT2D eigenvalue weighted by Crippen LogP contribution is -2.39. The number of nitrogens with two attached hydrogens (primary N) is 1. The van der Waals surface area contributed by atoms with Crippen molar-refractivity contribution >= 4 is 28.9 Å². The maximum absolute atomic E-state index is 9.35. The predicted molar refractivity (Wildman–Crippen MR) is 116 cm³/mol. The quantitative estimate of drug-likeness (QED) is 0.551. The third-order valence-electron chi connectivity index (χ3n) is 5.42. The molecule has 1 aliphatic rings. The van der Waals surface area contributed by atoms with E-state index in [1.165, 1.54) is 0 Å². The number of rotatable bonds is 5. The Morgan fingerprint density at radius 3 is 2.50 bits per heavy atom. The zero-order valence-corrected chi connectivity index (χ0v) is 17.9. The molecule has 1 fully saturated rings. The van der Waals surface area contributed by atoms with Crippen LogP contribution in [0.2, 0.25) is 10.3 Å². The van der Waals surface area contributed by atoms with Crippen LogP contribution >= 0.6 is 23.2 Å². The van der Waals surface area contributed by atoms with Gasteiger partial charge in [-0.05, 0) is 23.3 Å². The largest absolute Gasteiger partial charge is 0.399 e. The predicted octanol–water partition coefficient (Wildman–Crippen LogP) is 4.76. The van der Waals surface area contributed by atoms with Gasteiger partial charge >= 0.3 is 0 Å². The second-order valence-corrected chi connectivity index (χ2v) is 8.19. The van der Waals surface area contributed by atoms with Crippen molar-refractivity contribution in [2.45, 2.75) is 38.6 Å². The molecule has 3 aromatic rings. The van der Waals surface area contributed by atoms with Gasteiger partial charge in [-0.2, -0.15) is 0 Å². The number of hydrogen-bond acceptors (Lipinski definition) is 5. The summed E-state index contributed by atoms with van der Waals surface area (Å²) in [5.41, 5.74) is 9.32. The van der Waals surface area contributed by atoms with E-state index in [0.29, 0.717) is 17.4 Å². The molecule has 2 aromatic carbocycles. The SMILES string of the molecule is C[C@@H]1[C@H](Cn2cnc(Cl)c2Cl)O[C@H](c2cccc(N)c2)O[C@@H]1c1ccc(CO)cc1. The Hall–Kier alpha value is -2.09. The first-order valence-electron chi connectivity index (χ1n) is 9.68. The van der Waals surface area contributed by atoms with E-state index >= 15 is 0 Å². The van der Waals surface area contributed by atoms with Crippen molar-refractivity contribution in [3.63, 3.8) is 0 Å². The van der Waals surface area contributed by atoms with E-state index in [-0.39, 0.29) is 29.9 Å². The molecule has 0 saturated carbocycles. The minimum absolute atomic E-state index is 0.00109. The fourth-order valence-electron chi connectivity index (χ4n) is 3.70. The van der Waals surface area contributed by atoms with Gasteiger partial charge in [0.25, 0.3) is 0 Å². The average Bonchev–Trinajstić information content (AvgIpc) is 3.07. The molecular formula is C22H23Cl2N3O3. The minimum atomic E-state index is -0.588. The zero-order chi connectivity index (χ0) is 21.3. The van der Waals surface area contributed by atoms with Crippen molar-refractivity contribution in [3.05, 3.63) is 81.9 Å². The van der Waals surface area contributed by atoms with E-state index < -0.39 is 6.29 Å². The number of halogens is 2. The highest BCUT2D eigenvalue weighted by molar-refractivity contribution is 6.40. The molecule has 6 nitrogen and oxygen atoms in total. The van der Waals surface area contributed by atoms with Gasteiger partial charge < -0.3 is 24.9 Å². The topological polar surface area (TPSA) is 82.5 Å². The molecule has 1 aliphatic heterocycles. The van der Waals surface area contributed by atoms with E-state index in [1.54, 1.807) is 10.9 Å². The molecule has 0 radical (unpaired) electrons. The van der Waals surface area contributed by atoms with Crippen LogP contribution < -0.4 is 5.73 Å². The molecule has 0 spiro atoms. The Morgan fingerprint density at radius 2 is 1.87 bits per heavy atom. The molecule has 0 amide bonds. The smallest absolute Gasteiger partial charge is 0.185 e. The van der Waals surface area contributed by atoms with E-state index in [4.69, 9.17) is 38.4 Å². The normalized spacial score (nSPS) is 24.1. The van der Waals surface area contributed by atoms with E-state index in [1.807, 2.05) is 48.5 Å². The van der Waals surface area contributed by atoms with Crippen LogP contribution in [0.1, 0.15) is 36.0 Å². The van der Waals surface area contributed by atoms with Crippen LogP contribution in [0.4, 0.5) is 5.69 Å². The van der Waals surface area contributed by atoms with Crippen LogP contribution in [-0.2, 0) is 22.6 Å². The number of benzene rings is 2. The lowest BCUT2D eigenvalue weighted by molar-refractivity contribution is -0.276. The molecule has 0 aliphatic carbocycles. The van der Waals surface area contributed by atoms with Crippen molar-refractivity contribution in [2.75, 3.05) is 5.73 Å². The molecule has 1 saturated heterocycles. The van der Waals surface area contributed by atoms with Crippen molar-refractivity contribution in [1.29, 1.82) is 0 Å². The van der Waals surface area contributed by atoms with Gasteiger partial charge in [0.2, 0.25) is 0 Å². The molecule has 4 rings (SSSR count). The summed E-state index contributed by atoms with van der Waals surface area (Å²) in [5.74, 6) is 0.0135. The lowest BCUT2D eigenvalue weighted by Gasteiger charge is -2.41. The summed E-state index contributed by atoms with van der Waals surface area (Å²) >= 11 is 12.3. The molecule has 0 bridgehead atoms. The van der Waals surface area contributed by atoms with Gasteiger partial charge in [-0.1, -0.05) is 66.5 Å². The maximum atomic E-state index is 9.35. The van der Waals surface area contributed by atoms with Crippen LogP contribution in [0, 0.1) is 5.92 Å². The fraction of sp³-hybridized carbons (Fsp3) is 0.318. The first-order chi connectivity index (χ1) is 14.5. The number of imidazole rings is 1. The van der Waals surface area contributed by atoms with Crippen LogP contribution in [0.5, 0.6) is 0 Å². The van der Waals surface area contributed by atoms with E-state index in [0.717, 1.165) is 16.7 Å². The number of aliphatic hydroxyl groups is 1. The molecule has 2 heterocycles. The second-order valence-electron chi connectivity index (χ2n) is 7.47. The maximum Gasteiger partial charge on any atom is 0.185 e. The Balaban J connectivity index is 1.66. The van der Waals surface area contributed by atoms with Gasteiger partial charge in [-0.3, -0.25) is 0 Å². The van der Waals surface area contributed by atoms with Crippen LogP contribution in [0.3, 0.4) is 0 Å². The van der Waals surface area contributed by atoms with E-state index in [2.05, 4.69) is 11.9 Å². The standard InChI is InChI=1S/C22H23Cl2N3O3/c1-13-18(10-27-12-26-20(23)21(27)24)29-22(16-3-2-4-17(25)9-16)30-19(13)15-7-5-14(11-28)6-8-15/h2-9,12-13,18-19,22,28H,10-11,25H2,1H3/t13-,18+,19+,22+/m1/s1. The van der Waals surface area contributed by atoms with Crippen LogP contribution in [-0.4, -0.2) is 20.8 Å². The number of ether oxygens (including phenoxy) is 2. The number of aromatic nitrogens is 2. The third kappa shape index (κ3) is 4.33. The second kappa shape index (κ2) is 8.96. The van der Waals surface area contributed by atoms with Gasteiger partial charge in [0.1, 0.15) is 5.15 Å². The molecule has 8 heteroatoms. The number of anilines is 1. The zero-order valence-electron chi connectivity index (χ0n) is 16.4. The summed E-state index contributed by atoms with van der Waals surface area (Å²) in [6, 6.07) is 15.2. The molecule has 1 aromatic heterocycles. The summed E-state index contributed by atoms with van der Waals surface area (Å²) in [4.78, 5) is 4.06. The molecule has 30 heavy (non-hydrogen) atoms. The molecule has 4 atom stereocenters. The summed E-state index contributed by atoms with van der Waals surface area (Å²) in [6.45, 7) is 2.56. The average molecular weight is 448 g/mol. The van der Waals surface area contributed by atoms with Crippen LogP contribution in [0.25, 0.3) is 0 Å². The highest BCUT2D eigenvalue weighted by Gasteiger charge is 2.38. The van der Waals surface area contributed by atoms with Gasteiger partial charge in [-0.25, -0.2) is 4.98 Å². The van der Waals surface area contributed by atoms with Crippen molar-refractivity contribution < 1.29 is 14.6 Å². The minimum Gasteiger partial charge on any atom is -0.399 e. The summed E-state index contributed by atoms with van der Waals surface area (Å²) in [7, 11) is 0. The van der Waals surface area contributed by atoms with E-state index in [9.17, 15) is 5.11 Å². The van der Waals surface area contributed by atoms with Crippen molar-refractivity contribution in [1.82, 2.24) is 9.55 Å². The van der Waals surface area contributed by atoms with Crippen molar-refractivity contribution in [2.24, 2.45) is 5.92 Å². The summed E-state index contributed by atoms with van der Waals surface area (Å²) in [5, 5.41) is 9.99. The Bertz CT molecular complexity index is 1010. The number of aliphatic hydroxyl groups excluding tert-OH is 1. The third-order valence-corrected chi connectivity index (χ3v) is 6.19. The first-order valence-corrected chi connectivity index (χ1v) is 10.4. The highest BCUT2D eigenvalue weighted by Crippen LogP contribution is 2.42. The fourth-order valence-corrected chi connectivity index (χ4v) is 4.01. The number of nitrogen functional groups attached to an aromatic ring is 1. The summed E-state index contributed by atoms with van der Waals surface area (Å²) < 4.78 is 14.5. The Labute approximate surface area is 185 Å². The van der Waals surface area contributed by atoms with Gasteiger partial charge in [-0.15, -0.1) is 0 Å². The summed E-state index contributed by atoms with van der Waals surface area (Å²) in [6.07, 6.45) is 0.586. The first kappa shape index (κ1) is 21.2. The van der Waals surface area contributed by atoms with Crippen LogP contribution in [0.15, 0.2) is 54.9 Å². The molecule has 3 N–H and O–H groups in total. The highest BCUT2D eigenvalue weighted by atomic mass is 35.5. The Kier molecular flexibility index (Phi) is 6.32. The van der Waals surface area contributed by atoms with Gasteiger partial charge in [0, 0.05) is 17.2 Å². The lowest BCUT2D eigenvalue weighted by atomic mass is 9.90. The monoisotopic (exact) mass is 447 g/mol. The van der Waals surface area contributed by atoms with Gasteiger partial charge in [0.15, 0.2) is 11.4 Å². The van der Waals surface area contributed by atoms with Crippen molar-refractivity contribution in [3.8, 4) is 0 Å². The number of nitrogens with zero attached hydrogens (tertiary/aromatic N) is 2. The van der Waals surface area contributed by atoms with Gasteiger partial charge in [0.05, 0.1) is 31.7 Å². The molecule has 158 valence electrons. The Morgan fingerprint density at radius 1 is 1.10 bits per heavy atom.